The van der Waals surface area contributed by atoms with Crippen LogP contribution in [-0.2, 0) is 19.4 Å². The fraction of sp³-hybridized carbons (Fsp3) is 0.143. The number of pyridine rings is 2. The largest absolute Gasteiger partial charge is 0.314 e. The molecule has 0 aliphatic heterocycles. The highest BCUT2D eigenvalue weighted by Crippen LogP contribution is 2.43. The molecule has 5 rings (SSSR count). The number of fused-ring (bicyclic) bond motifs is 3. The first-order chi connectivity index (χ1) is 17.0. The lowest BCUT2D eigenvalue weighted by molar-refractivity contribution is 0.445. The maximum absolute atomic E-state index is 13.0. The van der Waals surface area contributed by atoms with Gasteiger partial charge in [-0.1, -0.05) is 72.8 Å². The Morgan fingerprint density at radius 1 is 0.714 bits per heavy atom. The molecular weight excluding hydrogens is 476 g/mol. The van der Waals surface area contributed by atoms with Crippen LogP contribution < -0.4 is 0 Å². The minimum absolute atomic E-state index is 0.581. The van der Waals surface area contributed by atoms with E-state index in [1.807, 2.05) is 68.4 Å². The maximum Gasteiger partial charge on any atom is 0.191 e. The third-order valence-corrected chi connectivity index (χ3v) is 7.94. The lowest BCUT2D eigenvalue weighted by atomic mass is 9.95. The Morgan fingerprint density at radius 2 is 1.23 bits per heavy atom. The predicted octanol–water partition coefficient (Wildman–Crippen LogP) is 7.06. The van der Waals surface area contributed by atoms with Crippen LogP contribution in [0, 0.1) is 13.8 Å². The van der Waals surface area contributed by atoms with Gasteiger partial charge in [0.2, 0.25) is 0 Å². The smallest absolute Gasteiger partial charge is 0.191 e. The van der Waals surface area contributed by atoms with E-state index in [9.17, 15) is 4.21 Å². The van der Waals surface area contributed by atoms with Gasteiger partial charge in [-0.2, -0.15) is 0 Å². The number of rotatable bonds is 6. The fourth-order valence-electron chi connectivity index (χ4n) is 4.51. The second kappa shape index (κ2) is 9.87. The standard InChI is InChI=1S/C28H24N2O3S2/c1-17-27(34-32-3)23(19-11-7-5-8-12-19)21-15-16-22-24(20-13-9-6-10-14-20)28(35(31)33-4)18(2)30-26(22)25(21)29-17/h5-16H,1-4H3. The molecule has 7 heteroatoms. The van der Waals surface area contributed by atoms with Crippen molar-refractivity contribution in [3.05, 3.63) is 84.2 Å². The van der Waals surface area contributed by atoms with Gasteiger partial charge in [0, 0.05) is 33.9 Å². The highest BCUT2D eigenvalue weighted by atomic mass is 32.2. The second-order valence-corrected chi connectivity index (χ2v) is 10.2. The van der Waals surface area contributed by atoms with Crippen molar-refractivity contribution in [2.45, 2.75) is 23.6 Å². The summed E-state index contributed by atoms with van der Waals surface area (Å²) in [6, 6.07) is 24.3. The Bertz CT molecular complexity index is 1570. The number of aryl methyl sites for hydroxylation is 2. The maximum atomic E-state index is 13.0. The Hall–Kier alpha value is -3.10. The summed E-state index contributed by atoms with van der Waals surface area (Å²) in [5.41, 5.74) is 7.03. The van der Waals surface area contributed by atoms with Gasteiger partial charge < -0.3 is 4.18 Å². The zero-order valence-electron chi connectivity index (χ0n) is 19.9. The van der Waals surface area contributed by atoms with Gasteiger partial charge in [0.25, 0.3) is 0 Å². The number of benzene rings is 3. The first-order valence-corrected chi connectivity index (χ1v) is 12.9. The van der Waals surface area contributed by atoms with Gasteiger partial charge >= 0.3 is 0 Å². The monoisotopic (exact) mass is 500 g/mol. The van der Waals surface area contributed by atoms with Gasteiger partial charge in [-0.15, -0.1) is 0 Å². The molecule has 5 nitrogen and oxygen atoms in total. The number of hydrogen-bond donors (Lipinski definition) is 0. The van der Waals surface area contributed by atoms with Crippen molar-refractivity contribution >= 4 is 44.9 Å². The van der Waals surface area contributed by atoms with E-state index in [-0.39, 0.29) is 0 Å². The van der Waals surface area contributed by atoms with E-state index in [0.717, 1.165) is 54.6 Å². The molecule has 1 unspecified atom stereocenters. The Labute approximate surface area is 211 Å². The highest BCUT2D eigenvalue weighted by molar-refractivity contribution is 7.94. The Morgan fingerprint density at radius 3 is 1.77 bits per heavy atom. The van der Waals surface area contributed by atoms with Crippen LogP contribution in [0.15, 0.2) is 82.6 Å². The van der Waals surface area contributed by atoms with Crippen molar-refractivity contribution in [2.24, 2.45) is 0 Å². The molecule has 1 atom stereocenters. The zero-order chi connectivity index (χ0) is 24.5. The Balaban J connectivity index is 1.95. The molecule has 0 bridgehead atoms. The molecule has 35 heavy (non-hydrogen) atoms. The van der Waals surface area contributed by atoms with Gasteiger partial charge in [-0.25, -0.2) is 14.2 Å². The lowest BCUT2D eigenvalue weighted by Crippen LogP contribution is -2.04. The van der Waals surface area contributed by atoms with Gasteiger partial charge in [0.05, 0.1) is 46.4 Å². The summed E-state index contributed by atoms with van der Waals surface area (Å²) in [7, 11) is 3.11. The van der Waals surface area contributed by atoms with Crippen LogP contribution in [-0.4, -0.2) is 28.4 Å². The molecule has 5 aromatic rings. The van der Waals surface area contributed by atoms with Crippen LogP contribution in [0.4, 0.5) is 0 Å². The molecule has 0 amide bonds. The fourth-order valence-corrected chi connectivity index (χ4v) is 6.00. The summed E-state index contributed by atoms with van der Waals surface area (Å²) in [5, 5.41) is 1.87. The quantitative estimate of drug-likeness (QED) is 0.184. The molecule has 0 radical (unpaired) electrons. The molecule has 176 valence electrons. The van der Waals surface area contributed by atoms with E-state index in [1.165, 1.54) is 19.2 Å². The van der Waals surface area contributed by atoms with E-state index in [2.05, 4.69) is 18.2 Å². The first kappa shape index (κ1) is 23.6. The van der Waals surface area contributed by atoms with E-state index in [0.29, 0.717) is 10.6 Å². The molecule has 0 aliphatic carbocycles. The van der Waals surface area contributed by atoms with Crippen molar-refractivity contribution in [2.75, 3.05) is 14.2 Å². The van der Waals surface area contributed by atoms with Crippen LogP contribution in [0.2, 0.25) is 0 Å². The Kier molecular flexibility index (Phi) is 6.67. The van der Waals surface area contributed by atoms with Gasteiger partial charge in [0.1, 0.15) is 0 Å². The summed E-state index contributed by atoms with van der Waals surface area (Å²) in [5.74, 6) is 0. The van der Waals surface area contributed by atoms with Crippen molar-refractivity contribution in [1.82, 2.24) is 9.97 Å². The molecule has 0 spiro atoms. The van der Waals surface area contributed by atoms with E-state index < -0.39 is 11.1 Å². The summed E-state index contributed by atoms with van der Waals surface area (Å²) >= 11 is -0.335. The van der Waals surface area contributed by atoms with E-state index in [4.69, 9.17) is 18.3 Å². The molecule has 2 heterocycles. The first-order valence-electron chi connectivity index (χ1n) is 11.1. The minimum atomic E-state index is -1.65. The molecule has 0 saturated heterocycles. The molecule has 0 N–H and O–H groups in total. The van der Waals surface area contributed by atoms with Crippen LogP contribution in [0.25, 0.3) is 44.1 Å². The van der Waals surface area contributed by atoms with Crippen LogP contribution >= 0.6 is 12.0 Å². The van der Waals surface area contributed by atoms with Gasteiger partial charge in [-0.05, 0) is 25.0 Å². The van der Waals surface area contributed by atoms with Crippen molar-refractivity contribution in [1.29, 1.82) is 0 Å². The van der Waals surface area contributed by atoms with Crippen LogP contribution in [0.3, 0.4) is 0 Å². The third kappa shape index (κ3) is 4.15. The van der Waals surface area contributed by atoms with E-state index >= 15 is 0 Å². The predicted molar refractivity (Wildman–Crippen MR) is 144 cm³/mol. The lowest BCUT2D eigenvalue weighted by Gasteiger charge is -2.18. The molecule has 0 aliphatic rings. The molecule has 0 fully saturated rings. The molecule has 2 aromatic heterocycles. The summed E-state index contributed by atoms with van der Waals surface area (Å²) in [6.07, 6.45) is 0. The summed E-state index contributed by atoms with van der Waals surface area (Å²) in [4.78, 5) is 11.5. The van der Waals surface area contributed by atoms with E-state index in [1.54, 1.807) is 7.11 Å². The summed E-state index contributed by atoms with van der Waals surface area (Å²) in [6.45, 7) is 3.86. The normalized spacial score (nSPS) is 12.3. The van der Waals surface area contributed by atoms with Crippen molar-refractivity contribution in [3.63, 3.8) is 0 Å². The van der Waals surface area contributed by atoms with Gasteiger partial charge in [-0.3, -0.25) is 4.18 Å². The molecule has 3 aromatic carbocycles. The van der Waals surface area contributed by atoms with Crippen molar-refractivity contribution < 1.29 is 12.6 Å². The van der Waals surface area contributed by atoms with Crippen LogP contribution in [0.1, 0.15) is 11.4 Å². The topological polar surface area (TPSA) is 61.3 Å². The average Bonchev–Trinajstić information content (AvgIpc) is 2.89. The molecular formula is C28H24N2O3S2. The zero-order valence-corrected chi connectivity index (χ0v) is 21.5. The second-order valence-electron chi connectivity index (χ2n) is 8.04. The summed E-state index contributed by atoms with van der Waals surface area (Å²) < 4.78 is 23.7. The average molecular weight is 501 g/mol. The third-order valence-electron chi connectivity index (χ3n) is 5.97. The van der Waals surface area contributed by atoms with Crippen molar-refractivity contribution in [3.8, 4) is 22.3 Å². The molecule has 0 saturated carbocycles. The number of nitrogens with zero attached hydrogens (tertiary/aromatic N) is 2. The number of hydrogen-bond acceptors (Lipinski definition) is 6. The SMILES string of the molecule is COSc1c(C)nc2c(ccc3c(-c4ccccc4)c(S(=O)OC)c(C)nc32)c1-c1ccccc1. The highest BCUT2D eigenvalue weighted by Gasteiger charge is 2.23. The number of aromatic nitrogens is 2. The minimum Gasteiger partial charge on any atom is -0.314 e. The van der Waals surface area contributed by atoms with Crippen LogP contribution in [0.5, 0.6) is 0 Å². The van der Waals surface area contributed by atoms with Gasteiger partial charge in [0.15, 0.2) is 11.1 Å².